The van der Waals surface area contributed by atoms with Gasteiger partial charge in [0.1, 0.15) is 6.10 Å². The predicted octanol–water partition coefficient (Wildman–Crippen LogP) is 1.95. The summed E-state index contributed by atoms with van der Waals surface area (Å²) in [7, 11) is 0. The van der Waals surface area contributed by atoms with Gasteiger partial charge in [-0.1, -0.05) is 84.0 Å². The maximum atomic E-state index is 12.7. The number of ether oxygens (including phenoxy) is 1. The third kappa shape index (κ3) is 5.57. The average molecular weight is 504 g/mol. The number of benzene rings is 3. The Hall–Kier alpha value is -3.19. The summed E-state index contributed by atoms with van der Waals surface area (Å²) in [5, 5.41) is 15.6. The molecule has 0 unspecified atom stereocenters. The number of carboxylic acids is 1. The number of rotatable bonds is 8. The first-order chi connectivity index (χ1) is 17.4. The van der Waals surface area contributed by atoms with Crippen molar-refractivity contribution in [1.29, 1.82) is 0 Å². The summed E-state index contributed by atoms with van der Waals surface area (Å²) in [5.41, 5.74) is 5.03. The van der Waals surface area contributed by atoms with Crippen molar-refractivity contribution in [3.8, 4) is 22.5 Å². The molecule has 0 bridgehead atoms. The Kier molecular flexibility index (Phi) is 8.02. The van der Waals surface area contributed by atoms with E-state index in [1.807, 2.05) is 92.7 Å². The number of carbonyl (C=O) groups is 2. The van der Waals surface area contributed by atoms with Gasteiger partial charge in [0.2, 0.25) is 0 Å². The Morgan fingerprint density at radius 1 is 0.946 bits per heavy atom. The van der Waals surface area contributed by atoms with Crippen LogP contribution < -0.4 is 34.7 Å². The zero-order valence-corrected chi connectivity index (χ0v) is 23.2. The average Bonchev–Trinajstić information content (AvgIpc) is 3.64. The minimum Gasteiger partial charge on any atom is -0.549 e. The van der Waals surface area contributed by atoms with Crippen molar-refractivity contribution in [2.45, 2.75) is 44.6 Å². The summed E-state index contributed by atoms with van der Waals surface area (Å²) in [6, 6.07) is 25.0. The van der Waals surface area contributed by atoms with Crippen LogP contribution in [0.5, 0.6) is 0 Å². The molecule has 0 N–H and O–H groups in total. The number of hydrogen-bond acceptors (Lipinski definition) is 6. The van der Waals surface area contributed by atoms with Crippen LogP contribution in [-0.4, -0.2) is 17.1 Å². The van der Waals surface area contributed by atoms with Crippen LogP contribution in [0.4, 0.5) is 0 Å². The van der Waals surface area contributed by atoms with E-state index in [1.165, 1.54) is 0 Å². The molecule has 182 valence electrons. The molecular weight excluding hydrogens is 477 g/mol. The van der Waals surface area contributed by atoms with E-state index in [4.69, 9.17) is 9.26 Å². The van der Waals surface area contributed by atoms with E-state index in [9.17, 15) is 14.7 Å². The number of carboxylic acid groups (broad SMARTS) is 1. The molecule has 1 aliphatic rings. The molecule has 1 fully saturated rings. The SMILES string of the molecule is Cc1noc(-c2ccc(-c3ccc(C4(C(=O)[O-])CC4)cc3)cc2)c1CC(=O)O[C@H](C)c1ccccc1.[Na+]. The number of aryl methyl sites for hydroxylation is 1. The first-order valence-electron chi connectivity index (χ1n) is 12.0. The van der Waals surface area contributed by atoms with E-state index < -0.39 is 11.4 Å². The molecular formula is C30H26NNaO5. The van der Waals surface area contributed by atoms with E-state index in [0.29, 0.717) is 29.9 Å². The molecule has 5 rings (SSSR count). The van der Waals surface area contributed by atoms with Crippen LogP contribution in [0, 0.1) is 6.92 Å². The van der Waals surface area contributed by atoms with Gasteiger partial charge >= 0.3 is 35.5 Å². The van der Waals surface area contributed by atoms with Crippen molar-refractivity contribution in [2.24, 2.45) is 0 Å². The third-order valence-electron chi connectivity index (χ3n) is 6.94. The van der Waals surface area contributed by atoms with Crippen molar-refractivity contribution < 1.29 is 53.5 Å². The van der Waals surface area contributed by atoms with Gasteiger partial charge in [-0.2, -0.15) is 0 Å². The number of carbonyl (C=O) groups excluding carboxylic acids is 2. The van der Waals surface area contributed by atoms with Crippen molar-refractivity contribution in [3.63, 3.8) is 0 Å². The minimum absolute atomic E-state index is 0. The number of esters is 1. The number of nitrogens with zero attached hydrogens (tertiary/aromatic N) is 1. The monoisotopic (exact) mass is 503 g/mol. The van der Waals surface area contributed by atoms with Gasteiger partial charge in [-0.15, -0.1) is 0 Å². The summed E-state index contributed by atoms with van der Waals surface area (Å²) in [6.45, 7) is 3.66. The summed E-state index contributed by atoms with van der Waals surface area (Å²) >= 11 is 0. The standard InChI is InChI=1S/C30H27NO5.Na/c1-19-26(18-27(32)35-20(2)21-6-4-3-5-7-21)28(36-31-19)24-10-8-22(9-11-24)23-12-14-25(15-13-23)30(16-17-30)29(33)34;/h3-15,20H,16-18H2,1-2H3,(H,33,34);/q;+1/p-1/t20-;/m1./s1. The van der Waals surface area contributed by atoms with Crippen LogP contribution in [0.15, 0.2) is 83.4 Å². The van der Waals surface area contributed by atoms with Gasteiger partial charge in [-0.3, -0.25) is 4.79 Å². The third-order valence-corrected chi connectivity index (χ3v) is 6.94. The van der Waals surface area contributed by atoms with Gasteiger partial charge < -0.3 is 19.2 Å². The van der Waals surface area contributed by atoms with Crippen LogP contribution in [0.3, 0.4) is 0 Å². The number of hydrogen-bond donors (Lipinski definition) is 0. The molecule has 1 saturated carbocycles. The molecule has 1 atom stereocenters. The van der Waals surface area contributed by atoms with E-state index in [0.717, 1.165) is 27.8 Å². The van der Waals surface area contributed by atoms with E-state index >= 15 is 0 Å². The molecule has 0 amide bonds. The fourth-order valence-corrected chi connectivity index (χ4v) is 4.53. The van der Waals surface area contributed by atoms with Crippen molar-refractivity contribution >= 4 is 11.9 Å². The molecule has 4 aromatic rings. The van der Waals surface area contributed by atoms with Gasteiger partial charge in [0, 0.05) is 16.5 Å². The Labute approximate surface area is 237 Å². The molecule has 6 nitrogen and oxygen atoms in total. The molecule has 3 aromatic carbocycles. The zero-order valence-electron chi connectivity index (χ0n) is 21.2. The van der Waals surface area contributed by atoms with Crippen molar-refractivity contribution in [1.82, 2.24) is 5.16 Å². The van der Waals surface area contributed by atoms with Gasteiger partial charge in [-0.25, -0.2) is 0 Å². The fraction of sp³-hybridized carbons (Fsp3) is 0.233. The summed E-state index contributed by atoms with van der Waals surface area (Å²) in [4.78, 5) is 24.2. The smallest absolute Gasteiger partial charge is 0.549 e. The summed E-state index contributed by atoms with van der Waals surface area (Å²) < 4.78 is 11.2. The Morgan fingerprint density at radius 3 is 2.08 bits per heavy atom. The molecule has 0 saturated heterocycles. The summed E-state index contributed by atoms with van der Waals surface area (Å²) in [5.74, 6) is -0.805. The molecule has 7 heteroatoms. The van der Waals surface area contributed by atoms with Crippen LogP contribution in [0.25, 0.3) is 22.5 Å². The Morgan fingerprint density at radius 2 is 1.51 bits per heavy atom. The molecule has 37 heavy (non-hydrogen) atoms. The van der Waals surface area contributed by atoms with Crippen LogP contribution in [0.2, 0.25) is 0 Å². The maximum absolute atomic E-state index is 12.7. The second-order valence-corrected chi connectivity index (χ2v) is 9.32. The maximum Gasteiger partial charge on any atom is 1.00 e. The molecule has 0 spiro atoms. The van der Waals surface area contributed by atoms with Crippen molar-refractivity contribution in [2.75, 3.05) is 0 Å². The minimum atomic E-state index is -1.00. The first kappa shape index (κ1) is 26.9. The van der Waals surface area contributed by atoms with E-state index in [-0.39, 0.29) is 48.1 Å². The van der Waals surface area contributed by atoms with E-state index in [1.54, 1.807) is 0 Å². The second-order valence-electron chi connectivity index (χ2n) is 9.32. The van der Waals surface area contributed by atoms with Crippen LogP contribution in [-0.2, 0) is 26.2 Å². The number of aromatic nitrogens is 1. The molecule has 0 radical (unpaired) electrons. The molecule has 1 aromatic heterocycles. The number of aliphatic carboxylic acids is 1. The van der Waals surface area contributed by atoms with Crippen molar-refractivity contribution in [3.05, 3.63) is 101 Å². The normalized spacial score (nSPS) is 14.3. The summed E-state index contributed by atoms with van der Waals surface area (Å²) in [6.07, 6.45) is 0.961. The quantitative estimate of drug-likeness (QED) is 0.270. The van der Waals surface area contributed by atoms with E-state index in [2.05, 4.69) is 5.16 Å². The molecule has 0 aliphatic heterocycles. The second kappa shape index (κ2) is 11.1. The van der Waals surface area contributed by atoms with Gasteiger partial charge in [0.15, 0.2) is 5.76 Å². The van der Waals surface area contributed by atoms with Gasteiger partial charge in [-0.05, 0) is 48.9 Å². The van der Waals surface area contributed by atoms with Crippen LogP contribution >= 0.6 is 0 Å². The molecule has 1 heterocycles. The molecule has 1 aliphatic carbocycles. The largest absolute Gasteiger partial charge is 1.00 e. The topological polar surface area (TPSA) is 92.5 Å². The zero-order chi connectivity index (χ0) is 25.3. The van der Waals surface area contributed by atoms with Gasteiger partial charge in [0.05, 0.1) is 18.1 Å². The van der Waals surface area contributed by atoms with Crippen LogP contribution in [0.1, 0.15) is 48.3 Å². The first-order valence-corrected chi connectivity index (χ1v) is 12.0. The fourth-order valence-electron chi connectivity index (χ4n) is 4.53. The Balaban J connectivity index is 0.00000320. The predicted molar refractivity (Wildman–Crippen MR) is 133 cm³/mol. The Bertz CT molecular complexity index is 1390. The van der Waals surface area contributed by atoms with Gasteiger partial charge in [0.25, 0.3) is 0 Å².